The second kappa shape index (κ2) is 10.6. The number of rotatable bonds is 7. The first-order chi connectivity index (χ1) is 16.4. The van der Waals surface area contributed by atoms with Crippen molar-refractivity contribution in [3.8, 4) is 11.5 Å². The van der Waals surface area contributed by atoms with Gasteiger partial charge in [-0.1, -0.05) is 51.8 Å². The summed E-state index contributed by atoms with van der Waals surface area (Å²) in [7, 11) is 1.49. The van der Waals surface area contributed by atoms with Crippen LogP contribution in [0.15, 0.2) is 70.0 Å². The highest BCUT2D eigenvalue weighted by Gasteiger charge is 2.35. The van der Waals surface area contributed by atoms with Crippen molar-refractivity contribution in [2.45, 2.75) is 13.2 Å². The first-order valence-electron chi connectivity index (χ1n) is 10.1. The topological polar surface area (TPSA) is 55.8 Å². The Labute approximate surface area is 213 Å². The first kappa shape index (κ1) is 24.3. The Hall–Kier alpha value is -2.81. The summed E-state index contributed by atoms with van der Waals surface area (Å²) >= 11 is 10.3. The van der Waals surface area contributed by atoms with Crippen molar-refractivity contribution in [1.82, 2.24) is 4.90 Å². The van der Waals surface area contributed by atoms with E-state index in [1.165, 1.54) is 24.1 Å². The normalized spacial score (nSPS) is 14.7. The Morgan fingerprint density at radius 3 is 2.56 bits per heavy atom. The van der Waals surface area contributed by atoms with Crippen molar-refractivity contribution >= 4 is 56.5 Å². The van der Waals surface area contributed by atoms with E-state index in [-0.39, 0.29) is 34.9 Å². The first-order valence-corrected chi connectivity index (χ1v) is 12.1. The van der Waals surface area contributed by atoms with E-state index < -0.39 is 5.82 Å². The summed E-state index contributed by atoms with van der Waals surface area (Å²) in [5.74, 6) is -0.0472. The van der Waals surface area contributed by atoms with Gasteiger partial charge in [0, 0.05) is 10.0 Å². The molecule has 0 spiro atoms. The van der Waals surface area contributed by atoms with Crippen LogP contribution in [0.4, 0.5) is 9.18 Å². The Bertz CT molecular complexity index is 1260. The zero-order valence-electron chi connectivity index (χ0n) is 17.9. The van der Waals surface area contributed by atoms with Gasteiger partial charge in [0.2, 0.25) is 0 Å². The van der Waals surface area contributed by atoms with E-state index in [1.807, 2.05) is 24.3 Å². The molecule has 4 rings (SSSR count). The van der Waals surface area contributed by atoms with Crippen LogP contribution in [0.1, 0.15) is 16.7 Å². The molecule has 0 atom stereocenters. The number of ether oxygens (including phenoxy) is 2. The summed E-state index contributed by atoms with van der Waals surface area (Å²) in [6.07, 6.45) is 1.62. The van der Waals surface area contributed by atoms with Gasteiger partial charge < -0.3 is 9.47 Å². The molecule has 1 saturated heterocycles. The zero-order valence-corrected chi connectivity index (χ0v) is 21.0. The largest absolute Gasteiger partial charge is 0.493 e. The minimum atomic E-state index is -0.470. The molecule has 0 saturated carbocycles. The van der Waals surface area contributed by atoms with Gasteiger partial charge in [-0.15, -0.1) is 0 Å². The molecule has 0 radical (unpaired) electrons. The van der Waals surface area contributed by atoms with E-state index in [0.717, 1.165) is 21.8 Å². The smallest absolute Gasteiger partial charge is 0.293 e. The summed E-state index contributed by atoms with van der Waals surface area (Å²) in [6.45, 7) is 0.0880. The number of amides is 2. The van der Waals surface area contributed by atoms with Gasteiger partial charge in [0.05, 0.1) is 23.6 Å². The van der Waals surface area contributed by atoms with E-state index in [9.17, 15) is 14.0 Å². The van der Waals surface area contributed by atoms with Gasteiger partial charge in [0.25, 0.3) is 11.1 Å². The maximum atomic E-state index is 14.1. The van der Waals surface area contributed by atoms with Crippen molar-refractivity contribution in [3.05, 3.63) is 97.6 Å². The van der Waals surface area contributed by atoms with Gasteiger partial charge in [-0.25, -0.2) is 4.39 Å². The molecule has 0 unspecified atom stereocenters. The highest BCUT2D eigenvalue weighted by molar-refractivity contribution is 9.10. The fourth-order valence-corrected chi connectivity index (χ4v) is 4.60. The van der Waals surface area contributed by atoms with Crippen LogP contribution in [0.5, 0.6) is 11.5 Å². The van der Waals surface area contributed by atoms with E-state index >= 15 is 0 Å². The van der Waals surface area contributed by atoms with Crippen molar-refractivity contribution in [2.75, 3.05) is 7.11 Å². The van der Waals surface area contributed by atoms with E-state index in [2.05, 4.69) is 15.9 Å². The monoisotopic (exact) mass is 561 g/mol. The van der Waals surface area contributed by atoms with Crippen molar-refractivity contribution < 1.29 is 23.5 Å². The van der Waals surface area contributed by atoms with Gasteiger partial charge >= 0.3 is 0 Å². The second-order valence-corrected chi connectivity index (χ2v) is 9.61. The molecule has 3 aromatic carbocycles. The molecular weight excluding hydrogens is 545 g/mol. The summed E-state index contributed by atoms with van der Waals surface area (Å²) in [6, 6.07) is 16.9. The van der Waals surface area contributed by atoms with Gasteiger partial charge in [-0.05, 0) is 65.4 Å². The lowest BCUT2D eigenvalue weighted by molar-refractivity contribution is -0.123. The maximum absolute atomic E-state index is 14.1. The SMILES string of the molecule is COc1ccc(/C=C2\SC(=O)N(Cc3ccc(Br)cc3)C2=O)cc1OCc1c(F)cccc1Cl. The Morgan fingerprint density at radius 1 is 1.09 bits per heavy atom. The molecule has 1 fully saturated rings. The molecule has 5 nitrogen and oxygen atoms in total. The van der Waals surface area contributed by atoms with Crippen molar-refractivity contribution in [2.24, 2.45) is 0 Å². The van der Waals surface area contributed by atoms with E-state index in [0.29, 0.717) is 22.0 Å². The average molecular weight is 563 g/mol. The molecular formula is C25H18BrClFNO4S. The summed E-state index contributed by atoms with van der Waals surface area (Å²) in [5.41, 5.74) is 1.70. The highest BCUT2D eigenvalue weighted by Crippen LogP contribution is 2.36. The van der Waals surface area contributed by atoms with E-state index in [4.69, 9.17) is 21.1 Å². The summed E-state index contributed by atoms with van der Waals surface area (Å²) in [5, 5.41) is -0.0760. The molecule has 9 heteroatoms. The summed E-state index contributed by atoms with van der Waals surface area (Å²) < 4.78 is 26.1. The van der Waals surface area contributed by atoms with Gasteiger partial charge in [-0.2, -0.15) is 0 Å². The molecule has 2 amide bonds. The van der Waals surface area contributed by atoms with Crippen LogP contribution in [0.25, 0.3) is 6.08 Å². The fraction of sp³-hybridized carbons (Fsp3) is 0.120. The number of methoxy groups -OCH3 is 1. The van der Waals surface area contributed by atoms with Crippen LogP contribution in [0, 0.1) is 5.82 Å². The molecule has 0 aromatic heterocycles. The van der Waals surface area contributed by atoms with Crippen LogP contribution < -0.4 is 9.47 Å². The van der Waals surface area contributed by atoms with Crippen molar-refractivity contribution in [3.63, 3.8) is 0 Å². The molecule has 1 heterocycles. The minimum absolute atomic E-state index is 0.102. The number of hydrogen-bond donors (Lipinski definition) is 0. The van der Waals surface area contributed by atoms with Crippen LogP contribution >= 0.6 is 39.3 Å². The Balaban J connectivity index is 1.53. The standard InChI is InChI=1S/C25H18BrClFNO4S/c1-32-21-10-7-16(11-22(21)33-14-18-19(27)3-2-4-20(18)28)12-23-24(30)29(25(31)34-23)13-15-5-8-17(26)9-6-15/h2-12H,13-14H2,1H3/b23-12-. The zero-order chi connectivity index (χ0) is 24.2. The van der Waals surface area contributed by atoms with Gasteiger partial charge in [0.1, 0.15) is 12.4 Å². The third kappa shape index (κ3) is 5.46. The molecule has 1 aliphatic heterocycles. The number of hydrogen-bond acceptors (Lipinski definition) is 5. The number of thioether (sulfide) groups is 1. The molecule has 0 bridgehead atoms. The molecule has 34 heavy (non-hydrogen) atoms. The van der Waals surface area contributed by atoms with Crippen molar-refractivity contribution in [1.29, 1.82) is 0 Å². The average Bonchev–Trinajstić information content (AvgIpc) is 3.07. The maximum Gasteiger partial charge on any atom is 0.293 e. The quantitative estimate of drug-likeness (QED) is 0.288. The Kier molecular flexibility index (Phi) is 7.60. The number of benzene rings is 3. The molecule has 0 N–H and O–H groups in total. The molecule has 3 aromatic rings. The van der Waals surface area contributed by atoms with E-state index in [1.54, 1.807) is 30.3 Å². The third-order valence-electron chi connectivity index (χ3n) is 5.05. The van der Waals surface area contributed by atoms with Crippen LogP contribution in [-0.4, -0.2) is 23.2 Å². The highest BCUT2D eigenvalue weighted by atomic mass is 79.9. The van der Waals surface area contributed by atoms with Gasteiger partial charge in [-0.3, -0.25) is 14.5 Å². The lowest BCUT2D eigenvalue weighted by Gasteiger charge is -2.13. The number of halogens is 3. The predicted molar refractivity (Wildman–Crippen MR) is 134 cm³/mol. The second-order valence-electron chi connectivity index (χ2n) is 7.29. The predicted octanol–water partition coefficient (Wildman–Crippen LogP) is 7.07. The summed E-state index contributed by atoms with van der Waals surface area (Å²) in [4.78, 5) is 26.9. The fourth-order valence-electron chi connectivity index (χ4n) is 3.28. The van der Waals surface area contributed by atoms with Crippen LogP contribution in [-0.2, 0) is 17.9 Å². The number of imide groups is 1. The number of nitrogens with zero attached hydrogens (tertiary/aromatic N) is 1. The molecule has 174 valence electrons. The van der Waals surface area contributed by atoms with Crippen LogP contribution in [0.3, 0.4) is 0 Å². The number of carbonyl (C=O) groups is 2. The van der Waals surface area contributed by atoms with Gasteiger partial charge in [0.15, 0.2) is 11.5 Å². The minimum Gasteiger partial charge on any atom is -0.493 e. The Morgan fingerprint density at radius 2 is 1.85 bits per heavy atom. The van der Waals surface area contributed by atoms with Crippen LogP contribution in [0.2, 0.25) is 5.02 Å². The number of carbonyl (C=O) groups excluding carboxylic acids is 2. The molecule has 1 aliphatic rings. The molecule has 0 aliphatic carbocycles. The third-order valence-corrected chi connectivity index (χ3v) is 6.84. The lowest BCUT2D eigenvalue weighted by Crippen LogP contribution is -2.27. The lowest BCUT2D eigenvalue weighted by atomic mass is 10.1.